The van der Waals surface area contributed by atoms with Crippen LogP contribution in [0.15, 0.2) is 23.2 Å². The minimum atomic E-state index is -0.210. The van der Waals surface area contributed by atoms with Crippen molar-refractivity contribution in [1.29, 1.82) is 0 Å². The summed E-state index contributed by atoms with van der Waals surface area (Å²) < 4.78 is 4.68. The van der Waals surface area contributed by atoms with E-state index in [9.17, 15) is 4.79 Å². The Morgan fingerprint density at radius 2 is 2.12 bits per heavy atom. The average molecular weight is 231 g/mol. The van der Waals surface area contributed by atoms with Crippen LogP contribution in [-0.4, -0.2) is 18.8 Å². The van der Waals surface area contributed by atoms with Crippen molar-refractivity contribution < 1.29 is 9.53 Å². The highest BCUT2D eigenvalue weighted by molar-refractivity contribution is 5.99. The van der Waals surface area contributed by atoms with Gasteiger partial charge in [-0.2, -0.15) is 0 Å². The summed E-state index contributed by atoms with van der Waals surface area (Å²) in [6, 6.07) is 5.98. The van der Waals surface area contributed by atoms with Crippen LogP contribution in [0, 0.1) is 0 Å². The van der Waals surface area contributed by atoms with E-state index in [2.05, 4.69) is 29.6 Å². The number of benzene rings is 1. The molecule has 90 valence electrons. The number of nitrogens with zero attached hydrogens (tertiary/aromatic N) is 1. The van der Waals surface area contributed by atoms with Crippen molar-refractivity contribution in [1.82, 2.24) is 0 Å². The third kappa shape index (κ3) is 1.97. The predicted octanol–water partition coefficient (Wildman–Crippen LogP) is 2.79. The van der Waals surface area contributed by atoms with Crippen LogP contribution >= 0.6 is 0 Å². The number of hydrogen-bond donors (Lipinski definition) is 0. The van der Waals surface area contributed by atoms with Gasteiger partial charge in [-0.05, 0) is 24.1 Å². The maximum Gasteiger partial charge on any atom is 0.309 e. The van der Waals surface area contributed by atoms with E-state index >= 15 is 0 Å². The van der Waals surface area contributed by atoms with E-state index < -0.39 is 0 Å². The van der Waals surface area contributed by atoms with Gasteiger partial charge in [0.25, 0.3) is 0 Å². The SMILES string of the molecule is COC(=O)Cc1ccc2c(c1)C(C)(C)C(C)=N2. The van der Waals surface area contributed by atoms with Crippen LogP contribution in [0.1, 0.15) is 31.9 Å². The van der Waals surface area contributed by atoms with Gasteiger partial charge >= 0.3 is 5.97 Å². The van der Waals surface area contributed by atoms with Gasteiger partial charge in [0, 0.05) is 11.1 Å². The fourth-order valence-electron chi connectivity index (χ4n) is 2.05. The minimum Gasteiger partial charge on any atom is -0.469 e. The standard InChI is InChI=1S/C14H17NO2/c1-9-14(2,3)11-7-10(8-13(16)17-4)5-6-12(11)15-9/h5-7H,8H2,1-4H3. The van der Waals surface area contributed by atoms with Crippen LogP contribution < -0.4 is 0 Å². The Kier molecular flexibility index (Phi) is 2.77. The van der Waals surface area contributed by atoms with Crippen molar-refractivity contribution in [3.8, 4) is 0 Å². The quantitative estimate of drug-likeness (QED) is 0.734. The zero-order chi connectivity index (χ0) is 12.6. The Bertz CT molecular complexity index is 501. The Hall–Kier alpha value is -1.64. The molecular formula is C14H17NO2. The smallest absolute Gasteiger partial charge is 0.309 e. The Morgan fingerprint density at radius 1 is 1.41 bits per heavy atom. The highest BCUT2D eigenvalue weighted by atomic mass is 16.5. The number of carbonyl (C=O) groups excluding carboxylic acids is 1. The second-order valence-electron chi connectivity index (χ2n) is 4.93. The number of methoxy groups -OCH3 is 1. The summed E-state index contributed by atoms with van der Waals surface area (Å²) >= 11 is 0. The first-order valence-corrected chi connectivity index (χ1v) is 5.71. The molecule has 3 nitrogen and oxygen atoms in total. The minimum absolute atomic E-state index is 0.0402. The number of aliphatic imine (C=N–C) groups is 1. The molecule has 1 aromatic carbocycles. The van der Waals surface area contributed by atoms with Crippen LogP contribution in [0.25, 0.3) is 0 Å². The van der Waals surface area contributed by atoms with Gasteiger partial charge in [0.2, 0.25) is 0 Å². The van der Waals surface area contributed by atoms with Gasteiger partial charge in [-0.3, -0.25) is 9.79 Å². The molecule has 2 rings (SSSR count). The molecule has 1 aliphatic rings. The monoisotopic (exact) mass is 231 g/mol. The molecule has 0 aliphatic carbocycles. The van der Waals surface area contributed by atoms with Gasteiger partial charge in [-0.15, -0.1) is 0 Å². The maximum atomic E-state index is 11.3. The van der Waals surface area contributed by atoms with Crippen molar-refractivity contribution in [2.24, 2.45) is 4.99 Å². The Balaban J connectivity index is 2.35. The summed E-state index contributed by atoms with van der Waals surface area (Å²) in [7, 11) is 1.41. The molecule has 1 aliphatic heterocycles. The van der Waals surface area contributed by atoms with E-state index in [-0.39, 0.29) is 11.4 Å². The van der Waals surface area contributed by atoms with Gasteiger partial charge in [0.15, 0.2) is 0 Å². The zero-order valence-electron chi connectivity index (χ0n) is 10.7. The van der Waals surface area contributed by atoms with E-state index in [1.807, 2.05) is 19.1 Å². The molecule has 0 spiro atoms. The topological polar surface area (TPSA) is 38.7 Å². The van der Waals surface area contributed by atoms with Crippen LogP contribution in [0.5, 0.6) is 0 Å². The Labute approximate surface area is 102 Å². The number of rotatable bonds is 2. The fourth-order valence-corrected chi connectivity index (χ4v) is 2.05. The molecule has 0 fully saturated rings. The fraction of sp³-hybridized carbons (Fsp3) is 0.429. The van der Waals surface area contributed by atoms with Crippen LogP contribution in [0.4, 0.5) is 5.69 Å². The lowest BCUT2D eigenvalue weighted by Gasteiger charge is -2.20. The molecule has 0 bridgehead atoms. The first-order valence-electron chi connectivity index (χ1n) is 5.71. The van der Waals surface area contributed by atoms with Crippen molar-refractivity contribution in [3.63, 3.8) is 0 Å². The molecule has 17 heavy (non-hydrogen) atoms. The molecule has 1 heterocycles. The molecule has 3 heteroatoms. The summed E-state index contributed by atoms with van der Waals surface area (Å²) in [6.45, 7) is 6.35. The third-order valence-electron chi connectivity index (χ3n) is 3.50. The second-order valence-corrected chi connectivity index (χ2v) is 4.93. The molecule has 0 atom stereocenters. The van der Waals surface area contributed by atoms with E-state index in [4.69, 9.17) is 0 Å². The molecule has 0 saturated heterocycles. The summed E-state index contributed by atoms with van der Waals surface area (Å²) in [5, 5.41) is 0. The molecule has 0 saturated carbocycles. The highest BCUT2D eigenvalue weighted by Gasteiger charge is 2.32. The van der Waals surface area contributed by atoms with Crippen molar-refractivity contribution in [3.05, 3.63) is 29.3 Å². The normalized spacial score (nSPS) is 16.4. The van der Waals surface area contributed by atoms with Gasteiger partial charge < -0.3 is 4.74 Å². The van der Waals surface area contributed by atoms with Gasteiger partial charge in [0.05, 0.1) is 19.2 Å². The van der Waals surface area contributed by atoms with Gasteiger partial charge in [0.1, 0.15) is 0 Å². The molecular weight excluding hydrogens is 214 g/mol. The summed E-state index contributed by atoms with van der Waals surface area (Å²) in [5.41, 5.74) is 4.26. The lowest BCUT2D eigenvalue weighted by atomic mass is 9.81. The maximum absolute atomic E-state index is 11.3. The van der Waals surface area contributed by atoms with Crippen LogP contribution in [0.2, 0.25) is 0 Å². The van der Waals surface area contributed by atoms with Gasteiger partial charge in [-0.25, -0.2) is 0 Å². The molecule has 0 radical (unpaired) electrons. The lowest BCUT2D eigenvalue weighted by molar-refractivity contribution is -0.139. The van der Waals surface area contributed by atoms with Crippen LogP contribution in [-0.2, 0) is 21.4 Å². The van der Waals surface area contributed by atoms with Crippen molar-refractivity contribution in [2.45, 2.75) is 32.6 Å². The largest absolute Gasteiger partial charge is 0.469 e. The number of hydrogen-bond acceptors (Lipinski definition) is 3. The molecule has 0 unspecified atom stereocenters. The van der Waals surface area contributed by atoms with E-state index in [0.717, 1.165) is 17.0 Å². The third-order valence-corrected chi connectivity index (χ3v) is 3.50. The number of carbonyl (C=O) groups is 1. The van der Waals surface area contributed by atoms with E-state index in [1.54, 1.807) is 0 Å². The predicted molar refractivity (Wildman–Crippen MR) is 68.0 cm³/mol. The summed E-state index contributed by atoms with van der Waals surface area (Å²) in [4.78, 5) is 15.8. The Morgan fingerprint density at radius 3 is 2.76 bits per heavy atom. The summed E-state index contributed by atoms with van der Waals surface area (Å²) in [6.07, 6.45) is 0.318. The van der Waals surface area contributed by atoms with Gasteiger partial charge in [-0.1, -0.05) is 26.0 Å². The molecule has 0 aromatic heterocycles. The van der Waals surface area contributed by atoms with E-state index in [1.165, 1.54) is 12.7 Å². The number of fused-ring (bicyclic) bond motifs is 1. The van der Waals surface area contributed by atoms with Crippen LogP contribution in [0.3, 0.4) is 0 Å². The zero-order valence-corrected chi connectivity index (χ0v) is 10.7. The first-order chi connectivity index (χ1) is 7.95. The van der Waals surface area contributed by atoms with E-state index in [0.29, 0.717) is 6.42 Å². The lowest BCUT2D eigenvalue weighted by Crippen LogP contribution is -2.22. The second kappa shape index (κ2) is 3.99. The van der Waals surface area contributed by atoms with Crippen molar-refractivity contribution >= 4 is 17.4 Å². The van der Waals surface area contributed by atoms with Crippen molar-refractivity contribution in [2.75, 3.05) is 7.11 Å². The highest BCUT2D eigenvalue weighted by Crippen LogP contribution is 2.40. The average Bonchev–Trinajstić information content (AvgIpc) is 2.51. The number of esters is 1. The molecule has 0 amide bonds. The molecule has 1 aromatic rings. The first kappa shape index (κ1) is 11.8. The number of ether oxygens (including phenoxy) is 1. The summed E-state index contributed by atoms with van der Waals surface area (Å²) in [5.74, 6) is -0.210. The molecule has 0 N–H and O–H groups in total.